The molecule has 1 aliphatic carbocycles. The second kappa shape index (κ2) is 6.13. The first kappa shape index (κ1) is 13.9. The Morgan fingerprint density at radius 1 is 1.15 bits per heavy atom. The van der Waals surface area contributed by atoms with E-state index in [4.69, 9.17) is 21.6 Å². The van der Waals surface area contributed by atoms with E-state index in [1.54, 1.807) is 0 Å². The summed E-state index contributed by atoms with van der Waals surface area (Å²) >= 11 is 5.96. The topological polar surface area (TPSA) is 30.7 Å². The Morgan fingerprint density at radius 2 is 1.90 bits per heavy atom. The van der Waals surface area contributed by atoms with Gasteiger partial charge in [-0.15, -0.1) is 11.6 Å². The highest BCUT2D eigenvalue weighted by molar-refractivity contribution is 6.17. The first-order valence-electron chi connectivity index (χ1n) is 7.70. The lowest BCUT2D eigenvalue weighted by Gasteiger charge is -2.19. The van der Waals surface area contributed by atoms with Crippen molar-refractivity contribution >= 4 is 22.8 Å². The van der Waals surface area contributed by atoms with Gasteiger partial charge in [-0.1, -0.05) is 25.7 Å². The molecular weight excluding hydrogens is 270 g/mol. The molecule has 1 saturated carbocycles. The van der Waals surface area contributed by atoms with E-state index in [1.807, 2.05) is 13.0 Å². The summed E-state index contributed by atoms with van der Waals surface area (Å²) < 4.78 is 2.38. The van der Waals surface area contributed by atoms with Crippen LogP contribution in [0.15, 0.2) is 12.1 Å². The molecule has 0 unspecified atom stereocenters. The Balaban J connectivity index is 2.08. The fourth-order valence-electron chi connectivity index (χ4n) is 3.28. The van der Waals surface area contributed by atoms with Crippen LogP contribution in [0.2, 0.25) is 0 Å². The fraction of sp³-hybridized carbons (Fsp3) is 0.625. The molecule has 2 aromatic heterocycles. The van der Waals surface area contributed by atoms with Gasteiger partial charge in [0.05, 0.1) is 0 Å². The number of imidazole rings is 1. The molecule has 1 fully saturated rings. The van der Waals surface area contributed by atoms with Crippen molar-refractivity contribution in [2.24, 2.45) is 0 Å². The molecule has 0 saturated heterocycles. The highest BCUT2D eigenvalue weighted by Gasteiger charge is 2.21. The number of halogens is 1. The molecule has 0 bridgehead atoms. The maximum Gasteiger partial charge on any atom is 0.160 e. The first-order valence-corrected chi connectivity index (χ1v) is 8.23. The van der Waals surface area contributed by atoms with Crippen LogP contribution in [-0.2, 0) is 6.42 Å². The Hall–Kier alpha value is -1.09. The van der Waals surface area contributed by atoms with Crippen molar-refractivity contribution in [1.29, 1.82) is 0 Å². The van der Waals surface area contributed by atoms with Gasteiger partial charge in [0.2, 0.25) is 0 Å². The summed E-state index contributed by atoms with van der Waals surface area (Å²) in [6.45, 7) is 2.05. The zero-order valence-electron chi connectivity index (χ0n) is 12.1. The number of aryl methyl sites for hydroxylation is 2. The van der Waals surface area contributed by atoms with Crippen LogP contribution in [-0.4, -0.2) is 20.4 Å². The highest BCUT2D eigenvalue weighted by Crippen LogP contribution is 2.31. The number of pyridine rings is 1. The quantitative estimate of drug-likeness (QED) is 0.619. The predicted molar refractivity (Wildman–Crippen MR) is 83.4 cm³/mol. The summed E-state index contributed by atoms with van der Waals surface area (Å²) in [5, 5.41) is 0. The Bertz CT molecular complexity index is 583. The van der Waals surface area contributed by atoms with Gasteiger partial charge in [-0.3, -0.25) is 0 Å². The van der Waals surface area contributed by atoms with E-state index in [1.165, 1.54) is 38.5 Å². The summed E-state index contributed by atoms with van der Waals surface area (Å²) in [5.74, 6) is 1.73. The van der Waals surface area contributed by atoms with E-state index in [-0.39, 0.29) is 0 Å². The van der Waals surface area contributed by atoms with Crippen molar-refractivity contribution in [3.63, 3.8) is 0 Å². The number of hydrogen-bond acceptors (Lipinski definition) is 2. The lowest BCUT2D eigenvalue weighted by Crippen LogP contribution is -2.13. The molecule has 0 atom stereocenters. The second-order valence-electron chi connectivity index (χ2n) is 5.78. The van der Waals surface area contributed by atoms with Crippen molar-refractivity contribution < 1.29 is 0 Å². The third kappa shape index (κ3) is 2.69. The van der Waals surface area contributed by atoms with Crippen LogP contribution < -0.4 is 0 Å². The highest BCUT2D eigenvalue weighted by atomic mass is 35.5. The summed E-state index contributed by atoms with van der Waals surface area (Å²) in [7, 11) is 0. The average molecular weight is 292 g/mol. The molecule has 2 aromatic rings. The molecule has 3 nitrogen and oxygen atoms in total. The Kier molecular flexibility index (Phi) is 4.25. The number of fused-ring (bicyclic) bond motifs is 1. The van der Waals surface area contributed by atoms with Crippen LogP contribution in [0.4, 0.5) is 0 Å². The largest absolute Gasteiger partial charge is 0.310 e. The standard InChI is InChI=1S/C16H22ClN3/c1-12-8-9-14-16(18-12)20(15(19-14)10-11-17)13-6-4-2-3-5-7-13/h8-9,13H,2-7,10-11H2,1H3. The van der Waals surface area contributed by atoms with Crippen molar-refractivity contribution in [1.82, 2.24) is 14.5 Å². The number of nitrogens with zero attached hydrogens (tertiary/aromatic N) is 3. The van der Waals surface area contributed by atoms with Crippen LogP contribution in [0.25, 0.3) is 11.2 Å². The summed E-state index contributed by atoms with van der Waals surface area (Å²) in [6, 6.07) is 4.68. The summed E-state index contributed by atoms with van der Waals surface area (Å²) in [5.41, 5.74) is 3.13. The van der Waals surface area contributed by atoms with Gasteiger partial charge in [0.15, 0.2) is 5.65 Å². The number of rotatable bonds is 3. The van der Waals surface area contributed by atoms with Crippen LogP contribution in [0.5, 0.6) is 0 Å². The molecule has 0 aromatic carbocycles. The SMILES string of the molecule is Cc1ccc2nc(CCCl)n(C3CCCCCC3)c2n1. The lowest BCUT2D eigenvalue weighted by molar-refractivity contribution is 0.439. The van der Waals surface area contributed by atoms with Gasteiger partial charge in [0, 0.05) is 24.0 Å². The van der Waals surface area contributed by atoms with Crippen LogP contribution in [0.3, 0.4) is 0 Å². The third-order valence-corrected chi connectivity index (χ3v) is 4.45. The van der Waals surface area contributed by atoms with E-state index < -0.39 is 0 Å². The van der Waals surface area contributed by atoms with E-state index in [9.17, 15) is 0 Å². The minimum absolute atomic E-state index is 0.551. The van der Waals surface area contributed by atoms with E-state index in [2.05, 4.69) is 10.6 Å². The van der Waals surface area contributed by atoms with Crippen molar-refractivity contribution in [2.45, 2.75) is 57.9 Å². The smallest absolute Gasteiger partial charge is 0.160 e. The van der Waals surface area contributed by atoms with Gasteiger partial charge in [-0.05, 0) is 31.9 Å². The average Bonchev–Trinajstić information content (AvgIpc) is 2.63. The number of alkyl halides is 1. The van der Waals surface area contributed by atoms with Gasteiger partial charge in [0.25, 0.3) is 0 Å². The van der Waals surface area contributed by atoms with Gasteiger partial charge in [0.1, 0.15) is 11.3 Å². The zero-order chi connectivity index (χ0) is 13.9. The van der Waals surface area contributed by atoms with E-state index in [0.29, 0.717) is 11.9 Å². The number of aromatic nitrogens is 3. The molecule has 108 valence electrons. The van der Waals surface area contributed by atoms with Crippen molar-refractivity contribution in [3.8, 4) is 0 Å². The minimum atomic E-state index is 0.551. The molecule has 0 N–H and O–H groups in total. The molecule has 0 amide bonds. The van der Waals surface area contributed by atoms with Crippen LogP contribution >= 0.6 is 11.6 Å². The van der Waals surface area contributed by atoms with Crippen LogP contribution in [0, 0.1) is 6.92 Å². The second-order valence-corrected chi connectivity index (χ2v) is 6.16. The molecule has 20 heavy (non-hydrogen) atoms. The molecule has 0 radical (unpaired) electrons. The maximum atomic E-state index is 5.96. The molecule has 3 rings (SSSR count). The minimum Gasteiger partial charge on any atom is -0.310 e. The van der Waals surface area contributed by atoms with Crippen LogP contribution in [0.1, 0.15) is 56.1 Å². The number of hydrogen-bond donors (Lipinski definition) is 0. The monoisotopic (exact) mass is 291 g/mol. The van der Waals surface area contributed by atoms with Crippen molar-refractivity contribution in [3.05, 3.63) is 23.7 Å². The van der Waals surface area contributed by atoms with E-state index >= 15 is 0 Å². The normalized spacial score (nSPS) is 17.5. The van der Waals surface area contributed by atoms with Crippen molar-refractivity contribution in [2.75, 3.05) is 5.88 Å². The maximum absolute atomic E-state index is 5.96. The summed E-state index contributed by atoms with van der Waals surface area (Å²) in [6.07, 6.45) is 8.67. The Labute approximate surface area is 125 Å². The molecule has 1 aliphatic rings. The molecule has 2 heterocycles. The predicted octanol–water partition coefficient (Wildman–Crippen LogP) is 4.42. The van der Waals surface area contributed by atoms with E-state index in [0.717, 1.165) is 29.1 Å². The third-order valence-electron chi connectivity index (χ3n) is 4.26. The van der Waals surface area contributed by atoms with Gasteiger partial charge < -0.3 is 4.57 Å². The molecule has 0 spiro atoms. The Morgan fingerprint density at radius 3 is 2.60 bits per heavy atom. The molecule has 0 aliphatic heterocycles. The summed E-state index contributed by atoms with van der Waals surface area (Å²) in [4.78, 5) is 9.51. The first-order chi connectivity index (χ1) is 9.79. The van der Waals surface area contributed by atoms with Gasteiger partial charge >= 0.3 is 0 Å². The lowest BCUT2D eigenvalue weighted by atomic mass is 10.1. The van der Waals surface area contributed by atoms with Gasteiger partial charge in [-0.25, -0.2) is 9.97 Å². The molecular formula is C16H22ClN3. The van der Waals surface area contributed by atoms with Gasteiger partial charge in [-0.2, -0.15) is 0 Å². The zero-order valence-corrected chi connectivity index (χ0v) is 12.9. The fourth-order valence-corrected chi connectivity index (χ4v) is 3.44. The molecule has 4 heteroatoms.